The molecule has 2 fully saturated rings. The number of hydrogen-bond acceptors (Lipinski definition) is 5. The summed E-state index contributed by atoms with van der Waals surface area (Å²) in [6.45, 7) is 2.52. The van der Waals surface area contributed by atoms with Crippen LogP contribution in [-0.2, 0) is 14.3 Å². The predicted molar refractivity (Wildman–Crippen MR) is 150 cm³/mol. The van der Waals surface area contributed by atoms with Crippen molar-refractivity contribution in [2.75, 3.05) is 11.5 Å². The number of fused-ring (bicyclic) bond motifs is 3. The summed E-state index contributed by atoms with van der Waals surface area (Å²) in [6, 6.07) is 19.2. The Bertz CT molecular complexity index is 1500. The highest BCUT2D eigenvalue weighted by Crippen LogP contribution is 2.51. The Balaban J connectivity index is 1.27. The third kappa shape index (κ3) is 4.64. The van der Waals surface area contributed by atoms with Gasteiger partial charge < -0.3 is 9.84 Å². The van der Waals surface area contributed by atoms with E-state index in [1.54, 1.807) is 12.3 Å². The molecule has 0 radical (unpaired) electrons. The van der Waals surface area contributed by atoms with Crippen LogP contribution in [0.5, 0.6) is 5.75 Å². The average Bonchev–Trinajstić information content (AvgIpc) is 3.51. The molecule has 3 aliphatic rings. The fourth-order valence-electron chi connectivity index (χ4n) is 6.57. The number of halogens is 1. The number of phenols is 1. The van der Waals surface area contributed by atoms with Crippen LogP contribution in [0, 0.1) is 23.6 Å². The van der Waals surface area contributed by atoms with Gasteiger partial charge in [-0.2, -0.15) is 0 Å². The summed E-state index contributed by atoms with van der Waals surface area (Å²) < 4.78 is 20.4. The van der Waals surface area contributed by atoms with Gasteiger partial charge in [0.1, 0.15) is 0 Å². The van der Waals surface area contributed by atoms with Crippen molar-refractivity contribution in [2.45, 2.75) is 38.7 Å². The second-order valence-electron chi connectivity index (χ2n) is 10.7. The fourth-order valence-corrected chi connectivity index (χ4v) is 6.57. The van der Waals surface area contributed by atoms with Gasteiger partial charge in [0.15, 0.2) is 11.6 Å². The zero-order valence-corrected chi connectivity index (χ0v) is 22.3. The van der Waals surface area contributed by atoms with E-state index in [1.165, 1.54) is 28.2 Å². The maximum atomic E-state index is 14.1. The van der Waals surface area contributed by atoms with E-state index in [0.717, 1.165) is 17.7 Å². The Morgan fingerprint density at radius 1 is 1.07 bits per heavy atom. The molecule has 7 heteroatoms. The molecule has 6 nitrogen and oxygen atoms in total. The van der Waals surface area contributed by atoms with Crippen molar-refractivity contribution in [3.05, 3.63) is 101 Å². The number of rotatable bonds is 7. The van der Waals surface area contributed by atoms with Crippen molar-refractivity contribution >= 4 is 29.2 Å². The number of ether oxygens (including phenoxy) is 1. The lowest BCUT2D eigenvalue weighted by Gasteiger charge is -2.31. The quantitative estimate of drug-likeness (QED) is 0.287. The smallest absolute Gasteiger partial charge is 0.238 e. The van der Waals surface area contributed by atoms with E-state index in [2.05, 4.69) is 11.9 Å². The second kappa shape index (κ2) is 10.8. The Hall–Kier alpha value is -4.10. The van der Waals surface area contributed by atoms with Gasteiger partial charge in [0.05, 0.1) is 35.9 Å². The van der Waals surface area contributed by atoms with E-state index >= 15 is 0 Å². The zero-order chi connectivity index (χ0) is 27.8. The number of benzene rings is 2. The molecular weight excluding hydrogens is 507 g/mol. The summed E-state index contributed by atoms with van der Waals surface area (Å²) in [6.07, 6.45) is 6.12. The summed E-state index contributed by atoms with van der Waals surface area (Å²) >= 11 is 0. The molecular formula is C33H31FN2O4. The number of para-hydroxylation sites is 1. The first kappa shape index (κ1) is 26.1. The number of pyridine rings is 1. The van der Waals surface area contributed by atoms with Gasteiger partial charge in [0.2, 0.25) is 11.8 Å². The number of aromatic hydroxyl groups is 1. The molecule has 2 aromatic carbocycles. The Labute approximate surface area is 232 Å². The van der Waals surface area contributed by atoms with Gasteiger partial charge in [-0.3, -0.25) is 19.5 Å². The Kier molecular flexibility index (Phi) is 7.07. The van der Waals surface area contributed by atoms with E-state index in [0.29, 0.717) is 37.1 Å². The van der Waals surface area contributed by atoms with Crippen LogP contribution in [0.4, 0.5) is 10.1 Å². The molecule has 1 N–H and O–H groups in total. The third-order valence-corrected chi connectivity index (χ3v) is 8.43. The first-order chi connectivity index (χ1) is 19.5. The number of amides is 2. The van der Waals surface area contributed by atoms with Crippen LogP contribution >= 0.6 is 0 Å². The van der Waals surface area contributed by atoms with Crippen LogP contribution in [0.1, 0.15) is 43.9 Å². The highest BCUT2D eigenvalue weighted by atomic mass is 19.1. The maximum absolute atomic E-state index is 14.1. The molecule has 40 heavy (non-hydrogen) atoms. The van der Waals surface area contributed by atoms with Crippen LogP contribution in [0.15, 0.2) is 84.1 Å². The van der Waals surface area contributed by atoms with Crippen molar-refractivity contribution in [3.63, 3.8) is 0 Å². The number of carbonyl (C=O) groups excluding carboxylic acids is 2. The number of phenolic OH excluding ortho intramolecular Hbond substituents is 1. The number of aromatic nitrogens is 1. The summed E-state index contributed by atoms with van der Waals surface area (Å²) in [5.74, 6) is -2.19. The second-order valence-corrected chi connectivity index (χ2v) is 10.7. The minimum absolute atomic E-state index is 0.114. The molecule has 0 bridgehead atoms. The summed E-state index contributed by atoms with van der Waals surface area (Å²) in [4.78, 5) is 33.0. The molecule has 4 atom stereocenters. The number of allylic oxidation sites excluding steroid dienone is 2. The fraction of sp³-hybridized carbons (Fsp3) is 0.303. The monoisotopic (exact) mass is 538 g/mol. The molecule has 0 saturated carbocycles. The predicted octanol–water partition coefficient (Wildman–Crippen LogP) is 6.18. The van der Waals surface area contributed by atoms with Gasteiger partial charge in [-0.25, -0.2) is 4.39 Å². The van der Waals surface area contributed by atoms with Crippen molar-refractivity contribution in [2.24, 2.45) is 17.8 Å². The molecule has 204 valence electrons. The summed E-state index contributed by atoms with van der Waals surface area (Å²) in [5, 5.41) is 9.60. The van der Waals surface area contributed by atoms with Crippen molar-refractivity contribution in [1.82, 2.24) is 4.98 Å². The lowest BCUT2D eigenvalue weighted by atomic mass is 9.69. The number of hydrogen-bond donors (Lipinski definition) is 1. The molecule has 2 saturated heterocycles. The van der Waals surface area contributed by atoms with Crippen LogP contribution in [0.3, 0.4) is 0 Å². The van der Waals surface area contributed by atoms with Gasteiger partial charge in [-0.15, -0.1) is 0 Å². The Morgan fingerprint density at radius 3 is 2.60 bits per heavy atom. The lowest BCUT2D eigenvalue weighted by molar-refractivity contribution is -0.122. The molecule has 1 aliphatic carbocycles. The van der Waals surface area contributed by atoms with Gasteiger partial charge in [-0.1, -0.05) is 42.8 Å². The largest absolute Gasteiger partial charge is 0.505 e. The van der Waals surface area contributed by atoms with Crippen molar-refractivity contribution < 1.29 is 23.8 Å². The molecule has 2 aliphatic heterocycles. The van der Waals surface area contributed by atoms with E-state index in [4.69, 9.17) is 4.74 Å². The van der Waals surface area contributed by atoms with E-state index in [-0.39, 0.29) is 35.5 Å². The maximum Gasteiger partial charge on any atom is 0.238 e. The standard InChI is InChI=1S/C33H31FN2O4/c1-2-21-18-24-31(33(39)36(32(24)38)23-8-4-3-5-9-23)25-19-40-29(30(21)25)14-12-22(27-10-6-7-15-35-27)16-20-11-13-28(37)26(34)17-20/h3-11,13,15-17,24-25,29,31,37H,2,12,14,18-19H2,1H3/b22-16-/t24-,25+,29-,31-/m1/s1. The van der Waals surface area contributed by atoms with Crippen LogP contribution in [0.25, 0.3) is 11.6 Å². The molecule has 6 rings (SSSR count). The van der Waals surface area contributed by atoms with Crippen LogP contribution < -0.4 is 4.90 Å². The minimum atomic E-state index is -0.675. The summed E-state index contributed by atoms with van der Waals surface area (Å²) in [7, 11) is 0. The highest BCUT2D eigenvalue weighted by Gasteiger charge is 2.57. The van der Waals surface area contributed by atoms with Gasteiger partial charge in [0.25, 0.3) is 0 Å². The topological polar surface area (TPSA) is 79.7 Å². The average molecular weight is 539 g/mol. The normalized spacial score (nSPS) is 24.4. The van der Waals surface area contributed by atoms with E-state index < -0.39 is 11.7 Å². The van der Waals surface area contributed by atoms with Crippen LogP contribution in [-0.4, -0.2) is 34.6 Å². The number of carbonyl (C=O) groups is 2. The third-order valence-electron chi connectivity index (χ3n) is 8.43. The minimum Gasteiger partial charge on any atom is -0.505 e. The molecule has 2 amide bonds. The van der Waals surface area contributed by atoms with Gasteiger partial charge >= 0.3 is 0 Å². The zero-order valence-electron chi connectivity index (χ0n) is 22.3. The number of nitrogens with zero attached hydrogens (tertiary/aromatic N) is 2. The van der Waals surface area contributed by atoms with E-state index in [1.807, 2.05) is 54.6 Å². The molecule has 1 aromatic heterocycles. The van der Waals surface area contributed by atoms with E-state index in [9.17, 15) is 19.1 Å². The highest BCUT2D eigenvalue weighted by molar-refractivity contribution is 6.22. The first-order valence-corrected chi connectivity index (χ1v) is 13.8. The van der Waals surface area contributed by atoms with Crippen molar-refractivity contribution in [3.8, 4) is 5.75 Å². The van der Waals surface area contributed by atoms with Crippen LogP contribution in [0.2, 0.25) is 0 Å². The summed E-state index contributed by atoms with van der Waals surface area (Å²) in [5.41, 5.74) is 5.36. The lowest BCUT2D eigenvalue weighted by Crippen LogP contribution is -2.34. The number of imide groups is 1. The molecule has 0 spiro atoms. The molecule has 3 aromatic rings. The molecule has 0 unspecified atom stereocenters. The Morgan fingerprint density at radius 2 is 1.88 bits per heavy atom. The first-order valence-electron chi connectivity index (χ1n) is 13.8. The molecule has 3 heterocycles. The van der Waals surface area contributed by atoms with Gasteiger partial charge in [0, 0.05) is 12.1 Å². The number of anilines is 1. The van der Waals surface area contributed by atoms with Crippen molar-refractivity contribution in [1.29, 1.82) is 0 Å². The van der Waals surface area contributed by atoms with Gasteiger partial charge in [-0.05, 0) is 84.9 Å². The SMILES string of the molecule is CCC1=C2[C@@H](CC/C(=C/c3ccc(O)c(F)c3)c3ccccn3)OC[C@@H]2[C@@H]2C(=O)N(c3ccccc3)C(=O)[C@@H]2C1.